The second-order valence-electron chi connectivity index (χ2n) is 4.98. The third-order valence-electron chi connectivity index (χ3n) is 2.97. The second kappa shape index (κ2) is 7.50. The van der Waals surface area contributed by atoms with Gasteiger partial charge in [-0.2, -0.15) is 21.6 Å². The summed E-state index contributed by atoms with van der Waals surface area (Å²) in [5.74, 6) is -3.42. The highest BCUT2D eigenvalue weighted by Gasteiger charge is 2.33. The minimum Gasteiger partial charge on any atom is -0.456 e. The predicted molar refractivity (Wildman–Crippen MR) is 88.5 cm³/mol. The van der Waals surface area contributed by atoms with Crippen LogP contribution < -0.4 is 14.6 Å². The first-order valence-electron chi connectivity index (χ1n) is 6.66. The molecule has 13 heteroatoms. The first-order valence-corrected chi connectivity index (χ1v) is 8.96. The van der Waals surface area contributed by atoms with E-state index in [4.69, 9.17) is 27.9 Å². The molecule has 0 aliphatic carbocycles. The highest BCUT2D eigenvalue weighted by atomic mass is 35.5. The molecule has 27 heavy (non-hydrogen) atoms. The van der Waals surface area contributed by atoms with Crippen LogP contribution in [0.2, 0.25) is 10.0 Å². The normalized spacial score (nSPS) is 12.0. The summed E-state index contributed by atoms with van der Waals surface area (Å²) in [6.45, 7) is 0. The Morgan fingerprint density at radius 1 is 1.11 bits per heavy atom. The van der Waals surface area contributed by atoms with Crippen LogP contribution in [0.5, 0.6) is 11.5 Å². The first-order chi connectivity index (χ1) is 12.3. The van der Waals surface area contributed by atoms with E-state index in [-0.39, 0.29) is 10.8 Å². The maximum Gasteiger partial charge on any atom is 0.417 e. The largest absolute Gasteiger partial charge is 0.456 e. The molecule has 0 aliphatic rings. The summed E-state index contributed by atoms with van der Waals surface area (Å²) in [4.78, 5) is 11.6. The molecular formula is C14H8Cl2F4N2O4S. The number of benzene rings is 2. The van der Waals surface area contributed by atoms with E-state index in [1.165, 1.54) is 4.72 Å². The number of amides is 1. The summed E-state index contributed by atoms with van der Waals surface area (Å²) in [5.41, 5.74) is -1.95. The first kappa shape index (κ1) is 21.2. The van der Waals surface area contributed by atoms with Crippen LogP contribution in [0.4, 0.5) is 17.6 Å². The zero-order chi connectivity index (χ0) is 20.6. The maximum absolute atomic E-state index is 14.1. The minimum atomic E-state index is -4.75. The molecule has 0 atom stereocenters. The summed E-state index contributed by atoms with van der Waals surface area (Å²) in [7, 11) is -4.44. The van der Waals surface area contributed by atoms with Gasteiger partial charge in [0, 0.05) is 6.07 Å². The molecular weight excluding hydrogens is 439 g/mol. The van der Waals surface area contributed by atoms with E-state index in [2.05, 4.69) is 5.14 Å². The van der Waals surface area contributed by atoms with Gasteiger partial charge in [0.05, 0.1) is 21.2 Å². The Morgan fingerprint density at radius 2 is 1.74 bits per heavy atom. The number of carbonyl (C=O) groups excluding carboxylic acids is 1. The van der Waals surface area contributed by atoms with Crippen molar-refractivity contribution in [3.63, 3.8) is 0 Å². The average Bonchev–Trinajstić information content (AvgIpc) is 2.49. The van der Waals surface area contributed by atoms with Crippen LogP contribution in [-0.2, 0) is 16.4 Å². The summed E-state index contributed by atoms with van der Waals surface area (Å²) in [6.07, 6.45) is -4.75. The van der Waals surface area contributed by atoms with Crippen molar-refractivity contribution in [3.8, 4) is 11.5 Å². The fraction of sp³-hybridized carbons (Fsp3) is 0.0714. The third kappa shape index (κ3) is 5.45. The minimum absolute atomic E-state index is 0.352. The molecule has 0 radical (unpaired) electrons. The topological polar surface area (TPSA) is 98.5 Å². The number of nitrogens with two attached hydrogens (primary N) is 1. The van der Waals surface area contributed by atoms with Crippen LogP contribution >= 0.6 is 23.2 Å². The standard InChI is InChI=1S/C14H8Cl2F4N2O4S/c15-9-2-1-6(3-8(9)14(18,19)20)26-12-5-11(17)7(4-10(12)16)13(23)22-27(21,24)25/h1-5H,(H,22,23)(H2,21,24,25). The van der Waals surface area contributed by atoms with Crippen molar-refractivity contribution in [2.24, 2.45) is 5.14 Å². The number of ether oxygens (including phenoxy) is 1. The van der Waals surface area contributed by atoms with Crippen molar-refractivity contribution in [1.82, 2.24) is 4.72 Å². The molecule has 0 saturated heterocycles. The van der Waals surface area contributed by atoms with Crippen LogP contribution in [-0.4, -0.2) is 14.3 Å². The summed E-state index contributed by atoms with van der Waals surface area (Å²) in [5, 5.41) is 3.67. The molecule has 6 nitrogen and oxygen atoms in total. The molecule has 1 amide bonds. The van der Waals surface area contributed by atoms with Gasteiger partial charge in [-0.05, 0) is 24.3 Å². The molecule has 2 rings (SSSR count). The van der Waals surface area contributed by atoms with Crippen LogP contribution in [0.3, 0.4) is 0 Å². The van der Waals surface area contributed by atoms with Crippen molar-refractivity contribution in [1.29, 1.82) is 0 Å². The van der Waals surface area contributed by atoms with E-state index in [9.17, 15) is 30.8 Å². The van der Waals surface area contributed by atoms with Gasteiger partial charge in [0.1, 0.15) is 17.3 Å². The monoisotopic (exact) mass is 446 g/mol. The number of nitrogens with one attached hydrogen (secondary N) is 1. The van der Waals surface area contributed by atoms with E-state index >= 15 is 0 Å². The Bertz CT molecular complexity index is 1010. The zero-order valence-corrected chi connectivity index (χ0v) is 15.1. The number of hydrogen-bond donors (Lipinski definition) is 2. The van der Waals surface area contributed by atoms with E-state index in [0.717, 1.165) is 18.2 Å². The third-order valence-corrected chi connectivity index (χ3v) is 4.07. The molecule has 2 aromatic carbocycles. The molecule has 0 heterocycles. The van der Waals surface area contributed by atoms with Gasteiger partial charge in [-0.25, -0.2) is 14.3 Å². The number of halogens is 6. The van der Waals surface area contributed by atoms with Gasteiger partial charge in [0.15, 0.2) is 0 Å². The molecule has 2 aromatic rings. The molecule has 0 unspecified atom stereocenters. The van der Waals surface area contributed by atoms with Gasteiger partial charge < -0.3 is 4.74 Å². The van der Waals surface area contributed by atoms with Crippen LogP contribution in [0, 0.1) is 5.82 Å². The van der Waals surface area contributed by atoms with Crippen molar-refractivity contribution in [2.45, 2.75) is 6.18 Å². The Labute approximate surface area is 160 Å². The van der Waals surface area contributed by atoms with Gasteiger partial charge in [0.2, 0.25) is 0 Å². The Balaban J connectivity index is 2.36. The lowest BCUT2D eigenvalue weighted by Crippen LogP contribution is -2.36. The lowest BCUT2D eigenvalue weighted by molar-refractivity contribution is -0.137. The molecule has 0 bridgehead atoms. The average molecular weight is 447 g/mol. The van der Waals surface area contributed by atoms with Gasteiger partial charge in [-0.3, -0.25) is 4.79 Å². The molecule has 0 saturated carbocycles. The van der Waals surface area contributed by atoms with Gasteiger partial charge in [-0.15, -0.1) is 0 Å². The van der Waals surface area contributed by atoms with Gasteiger partial charge in [0.25, 0.3) is 16.1 Å². The van der Waals surface area contributed by atoms with Crippen molar-refractivity contribution >= 4 is 39.3 Å². The van der Waals surface area contributed by atoms with E-state index in [1.807, 2.05) is 0 Å². The van der Waals surface area contributed by atoms with Crippen molar-refractivity contribution in [3.05, 3.63) is 57.3 Å². The number of alkyl halides is 3. The lowest BCUT2D eigenvalue weighted by Gasteiger charge is -2.13. The molecule has 3 N–H and O–H groups in total. The van der Waals surface area contributed by atoms with Crippen LogP contribution in [0.1, 0.15) is 15.9 Å². The molecule has 146 valence electrons. The van der Waals surface area contributed by atoms with E-state index in [1.54, 1.807) is 0 Å². The quantitative estimate of drug-likeness (QED) is 0.696. The molecule has 0 spiro atoms. The maximum atomic E-state index is 14.1. The smallest absolute Gasteiger partial charge is 0.417 e. The highest BCUT2D eigenvalue weighted by molar-refractivity contribution is 7.87. The Morgan fingerprint density at radius 3 is 2.30 bits per heavy atom. The van der Waals surface area contributed by atoms with Crippen LogP contribution in [0.15, 0.2) is 30.3 Å². The summed E-state index contributed by atoms with van der Waals surface area (Å²) in [6, 6.07) is 3.93. The van der Waals surface area contributed by atoms with E-state index in [0.29, 0.717) is 12.1 Å². The van der Waals surface area contributed by atoms with Crippen LogP contribution in [0.25, 0.3) is 0 Å². The number of hydrogen-bond acceptors (Lipinski definition) is 4. The Kier molecular flexibility index (Phi) is 5.90. The van der Waals surface area contributed by atoms with Gasteiger partial charge in [-0.1, -0.05) is 23.2 Å². The highest BCUT2D eigenvalue weighted by Crippen LogP contribution is 2.39. The SMILES string of the molecule is NS(=O)(=O)NC(=O)c1cc(Cl)c(Oc2ccc(Cl)c(C(F)(F)F)c2)cc1F. The summed E-state index contributed by atoms with van der Waals surface area (Å²) < 4.78 is 80.7. The van der Waals surface area contributed by atoms with Crippen molar-refractivity contribution in [2.75, 3.05) is 0 Å². The van der Waals surface area contributed by atoms with E-state index < -0.39 is 50.0 Å². The van der Waals surface area contributed by atoms with Gasteiger partial charge >= 0.3 is 6.18 Å². The Hall–Kier alpha value is -2.08. The molecule has 0 aromatic heterocycles. The second-order valence-corrected chi connectivity index (χ2v) is 7.09. The molecule has 0 fully saturated rings. The fourth-order valence-corrected chi connectivity index (χ4v) is 2.67. The molecule has 0 aliphatic heterocycles. The zero-order valence-electron chi connectivity index (χ0n) is 12.8. The van der Waals surface area contributed by atoms with Crippen molar-refractivity contribution < 1.29 is 35.5 Å². The number of rotatable bonds is 4. The summed E-state index contributed by atoms with van der Waals surface area (Å²) >= 11 is 11.3. The lowest BCUT2D eigenvalue weighted by atomic mass is 10.2. The fourth-order valence-electron chi connectivity index (χ4n) is 1.88. The number of carbonyl (C=O) groups is 1. The predicted octanol–water partition coefficient (Wildman–Crippen LogP) is 3.88.